The predicted octanol–water partition coefficient (Wildman–Crippen LogP) is 4.86. The van der Waals surface area contributed by atoms with E-state index < -0.39 is 0 Å². The SMILES string of the molecule is CN(CC=Cc1ccccc1)[C@H]1CC[C@H]2[C@H]3Cc4c(O)ccc5c4[C@@]2(CCN3CC2CC2)[C@H]1O5. The van der Waals surface area contributed by atoms with Crippen molar-refractivity contribution < 1.29 is 9.84 Å². The quantitative estimate of drug-likeness (QED) is 0.674. The van der Waals surface area contributed by atoms with Crippen LogP contribution >= 0.6 is 0 Å². The molecule has 5 aliphatic rings. The normalized spacial score (nSPS) is 33.8. The second-order valence-corrected chi connectivity index (χ2v) is 11.5. The summed E-state index contributed by atoms with van der Waals surface area (Å²) in [4.78, 5) is 5.31. The summed E-state index contributed by atoms with van der Waals surface area (Å²) in [6.45, 7) is 3.36. The number of phenolic OH excluding ortho intramolecular Hbond substituents is 1. The summed E-state index contributed by atoms with van der Waals surface area (Å²) in [5.74, 6) is 3.09. The molecule has 2 aromatic carbocycles. The van der Waals surface area contributed by atoms with Gasteiger partial charge in [-0.2, -0.15) is 0 Å². The molecule has 4 heteroatoms. The molecular formula is C30H36N2O2. The Morgan fingerprint density at radius 2 is 1.97 bits per heavy atom. The summed E-state index contributed by atoms with van der Waals surface area (Å²) in [6.07, 6.45) is 12.1. The van der Waals surface area contributed by atoms with Crippen LogP contribution in [-0.2, 0) is 11.8 Å². The van der Waals surface area contributed by atoms with Gasteiger partial charge in [0.15, 0.2) is 0 Å². The number of hydrogen-bond donors (Lipinski definition) is 1. The fourth-order valence-electron chi connectivity index (χ4n) is 7.97. The van der Waals surface area contributed by atoms with E-state index in [4.69, 9.17) is 4.74 Å². The van der Waals surface area contributed by atoms with Gasteiger partial charge in [0.1, 0.15) is 17.6 Å². The lowest BCUT2D eigenvalue weighted by Gasteiger charge is -2.60. The molecule has 1 saturated heterocycles. The molecule has 0 radical (unpaired) electrons. The largest absolute Gasteiger partial charge is 0.508 e. The standard InChI is InChI=1S/C30H36N2O2/c1-31(16-5-8-20-6-3-2-4-7-20)24-12-11-23-25-18-22-26(33)13-14-27-28(22)30(23,29(24)34-27)15-17-32(25)19-21-9-10-21/h2-8,13-14,21,23-25,29,33H,9-12,15-19H2,1H3/t23-,24-,25+,29-,30-/m0/s1. The molecule has 2 aromatic rings. The van der Waals surface area contributed by atoms with E-state index in [2.05, 4.69) is 59.3 Å². The molecule has 34 heavy (non-hydrogen) atoms. The summed E-state index contributed by atoms with van der Waals surface area (Å²) >= 11 is 0. The third kappa shape index (κ3) is 3.11. The molecule has 4 nitrogen and oxygen atoms in total. The highest BCUT2D eigenvalue weighted by atomic mass is 16.5. The van der Waals surface area contributed by atoms with Crippen LogP contribution < -0.4 is 4.74 Å². The van der Waals surface area contributed by atoms with Crippen molar-refractivity contribution in [1.29, 1.82) is 0 Å². The molecule has 2 heterocycles. The smallest absolute Gasteiger partial charge is 0.124 e. The zero-order valence-corrected chi connectivity index (χ0v) is 20.2. The predicted molar refractivity (Wildman–Crippen MR) is 135 cm³/mol. The van der Waals surface area contributed by atoms with E-state index in [1.54, 1.807) is 0 Å². The Kier molecular flexibility index (Phi) is 4.86. The highest BCUT2D eigenvalue weighted by Crippen LogP contribution is 2.63. The topological polar surface area (TPSA) is 35.9 Å². The van der Waals surface area contributed by atoms with Gasteiger partial charge < -0.3 is 9.84 Å². The third-order valence-electron chi connectivity index (χ3n) is 9.68. The van der Waals surface area contributed by atoms with Crippen LogP contribution in [0.1, 0.15) is 48.8 Å². The molecule has 178 valence electrons. The molecule has 0 unspecified atom stereocenters. The number of rotatable bonds is 6. The summed E-state index contributed by atoms with van der Waals surface area (Å²) in [5, 5.41) is 10.9. The van der Waals surface area contributed by atoms with Crippen molar-refractivity contribution in [2.75, 3.05) is 26.7 Å². The molecule has 5 atom stereocenters. The number of likely N-dealkylation sites (tertiary alicyclic amines) is 1. The molecule has 2 saturated carbocycles. The number of nitrogens with zero attached hydrogens (tertiary/aromatic N) is 2. The number of ether oxygens (including phenoxy) is 1. The fourth-order valence-corrected chi connectivity index (χ4v) is 7.97. The zero-order chi connectivity index (χ0) is 22.9. The first-order valence-electron chi connectivity index (χ1n) is 13.3. The van der Waals surface area contributed by atoms with Gasteiger partial charge in [0, 0.05) is 41.7 Å². The maximum absolute atomic E-state index is 10.9. The van der Waals surface area contributed by atoms with Crippen molar-refractivity contribution in [1.82, 2.24) is 9.80 Å². The van der Waals surface area contributed by atoms with Crippen molar-refractivity contribution in [2.24, 2.45) is 11.8 Å². The first-order chi connectivity index (χ1) is 16.6. The van der Waals surface area contributed by atoms with Crippen LogP contribution in [-0.4, -0.2) is 59.8 Å². The van der Waals surface area contributed by atoms with E-state index in [9.17, 15) is 5.11 Å². The minimum atomic E-state index is 0.0622. The number of phenols is 1. The average Bonchev–Trinajstić information content (AvgIpc) is 3.61. The lowest BCUT2D eigenvalue weighted by molar-refractivity contribution is -0.0840. The molecule has 3 fully saturated rings. The van der Waals surface area contributed by atoms with Gasteiger partial charge in [-0.1, -0.05) is 42.5 Å². The first-order valence-corrected chi connectivity index (χ1v) is 13.3. The molecule has 3 aliphatic carbocycles. The van der Waals surface area contributed by atoms with Gasteiger partial charge in [0.05, 0.1) is 0 Å². The minimum absolute atomic E-state index is 0.0622. The Morgan fingerprint density at radius 1 is 1.12 bits per heavy atom. The van der Waals surface area contributed by atoms with E-state index in [-0.39, 0.29) is 11.5 Å². The lowest BCUT2D eigenvalue weighted by Crippen LogP contribution is -2.68. The van der Waals surface area contributed by atoms with Crippen LogP contribution in [0.3, 0.4) is 0 Å². The van der Waals surface area contributed by atoms with Crippen molar-refractivity contribution in [3.05, 3.63) is 65.2 Å². The van der Waals surface area contributed by atoms with E-state index >= 15 is 0 Å². The maximum Gasteiger partial charge on any atom is 0.124 e. The van der Waals surface area contributed by atoms with Crippen LogP contribution in [0.5, 0.6) is 11.5 Å². The third-order valence-corrected chi connectivity index (χ3v) is 9.68. The lowest BCUT2D eigenvalue weighted by atomic mass is 9.51. The Bertz CT molecular complexity index is 1110. The summed E-state index contributed by atoms with van der Waals surface area (Å²) in [5.41, 5.74) is 3.88. The Balaban J connectivity index is 1.20. The van der Waals surface area contributed by atoms with Crippen LogP contribution in [0.15, 0.2) is 48.5 Å². The Labute approximate surface area is 203 Å². The minimum Gasteiger partial charge on any atom is -0.508 e. The van der Waals surface area contributed by atoms with Crippen molar-refractivity contribution in [3.8, 4) is 11.5 Å². The number of aromatic hydroxyl groups is 1. The Morgan fingerprint density at radius 3 is 2.79 bits per heavy atom. The molecule has 0 aromatic heterocycles. The molecular weight excluding hydrogens is 420 g/mol. The molecule has 0 amide bonds. The number of benzene rings is 2. The van der Waals surface area contributed by atoms with Gasteiger partial charge >= 0.3 is 0 Å². The van der Waals surface area contributed by atoms with E-state index in [1.165, 1.54) is 61.9 Å². The zero-order valence-electron chi connectivity index (χ0n) is 20.2. The first kappa shape index (κ1) is 21.0. The Hall–Kier alpha value is -2.30. The van der Waals surface area contributed by atoms with Gasteiger partial charge in [0.25, 0.3) is 0 Å². The maximum atomic E-state index is 10.9. The van der Waals surface area contributed by atoms with Crippen molar-refractivity contribution >= 4 is 6.08 Å². The molecule has 1 spiro atoms. The average molecular weight is 457 g/mol. The van der Waals surface area contributed by atoms with Gasteiger partial charge in [0.2, 0.25) is 0 Å². The van der Waals surface area contributed by atoms with Gasteiger partial charge in [-0.15, -0.1) is 0 Å². The number of piperidine rings is 1. The highest BCUT2D eigenvalue weighted by Gasteiger charge is 2.66. The molecule has 1 N–H and O–H groups in total. The van der Waals surface area contributed by atoms with Gasteiger partial charge in [-0.3, -0.25) is 9.80 Å². The second-order valence-electron chi connectivity index (χ2n) is 11.5. The van der Waals surface area contributed by atoms with Crippen LogP contribution in [0.25, 0.3) is 6.08 Å². The van der Waals surface area contributed by atoms with E-state index in [1.807, 2.05) is 12.1 Å². The second kappa shape index (κ2) is 7.86. The van der Waals surface area contributed by atoms with Crippen LogP contribution in [0, 0.1) is 11.8 Å². The van der Waals surface area contributed by atoms with E-state index in [0.717, 1.165) is 24.6 Å². The van der Waals surface area contributed by atoms with Gasteiger partial charge in [-0.05, 0) is 81.6 Å². The van der Waals surface area contributed by atoms with Crippen molar-refractivity contribution in [3.63, 3.8) is 0 Å². The fraction of sp³-hybridized carbons (Fsp3) is 0.533. The van der Waals surface area contributed by atoms with Crippen molar-refractivity contribution in [2.45, 2.75) is 62.1 Å². The highest BCUT2D eigenvalue weighted by molar-refractivity contribution is 5.59. The summed E-state index contributed by atoms with van der Waals surface area (Å²) < 4.78 is 6.87. The van der Waals surface area contributed by atoms with Crippen LogP contribution in [0.4, 0.5) is 0 Å². The van der Waals surface area contributed by atoms with E-state index in [0.29, 0.717) is 23.8 Å². The monoisotopic (exact) mass is 456 g/mol. The van der Waals surface area contributed by atoms with Gasteiger partial charge in [-0.25, -0.2) is 0 Å². The van der Waals surface area contributed by atoms with Crippen LogP contribution in [0.2, 0.25) is 0 Å². The molecule has 2 aliphatic heterocycles. The number of likely N-dealkylation sites (N-methyl/N-ethyl adjacent to an activating group) is 1. The number of hydrogen-bond acceptors (Lipinski definition) is 4. The molecule has 2 bridgehead atoms. The molecule has 7 rings (SSSR count). The summed E-state index contributed by atoms with van der Waals surface area (Å²) in [6, 6.07) is 15.4. The summed E-state index contributed by atoms with van der Waals surface area (Å²) in [7, 11) is 2.27.